The molecule has 1 atom stereocenters. The number of hydrogen-bond donors (Lipinski definition) is 1. The van der Waals surface area contributed by atoms with Gasteiger partial charge in [-0.3, -0.25) is 0 Å². The Hall–Kier alpha value is -1.68. The lowest BCUT2D eigenvalue weighted by Gasteiger charge is -2.00. The maximum atomic E-state index is 5.36. The number of rotatable bonds is 2. The number of aryl methyl sites for hydroxylation is 1. The summed E-state index contributed by atoms with van der Waals surface area (Å²) in [6.45, 7) is 4.03. The van der Waals surface area contributed by atoms with Crippen LogP contribution in [0.4, 0.5) is 0 Å². The van der Waals surface area contributed by atoms with Gasteiger partial charge in [-0.2, -0.15) is 4.98 Å². The zero-order valence-electron chi connectivity index (χ0n) is 9.81. The predicted molar refractivity (Wildman–Crippen MR) is 64.7 cm³/mol. The van der Waals surface area contributed by atoms with Crippen LogP contribution in [-0.4, -0.2) is 23.2 Å². The van der Waals surface area contributed by atoms with Gasteiger partial charge in [0.05, 0.1) is 5.92 Å². The van der Waals surface area contributed by atoms with E-state index in [4.69, 9.17) is 4.52 Å². The molecule has 2 heterocycles. The fraction of sp³-hybridized carbons (Fsp3) is 0.385. The summed E-state index contributed by atoms with van der Waals surface area (Å²) < 4.78 is 5.36. The van der Waals surface area contributed by atoms with E-state index in [9.17, 15) is 0 Å². The van der Waals surface area contributed by atoms with Crippen LogP contribution in [0.25, 0.3) is 11.4 Å². The van der Waals surface area contributed by atoms with E-state index in [1.54, 1.807) is 0 Å². The van der Waals surface area contributed by atoms with E-state index in [1.807, 2.05) is 18.2 Å². The molecule has 0 spiro atoms. The van der Waals surface area contributed by atoms with Crippen LogP contribution >= 0.6 is 0 Å². The van der Waals surface area contributed by atoms with E-state index in [1.165, 1.54) is 5.56 Å². The molecule has 88 valence electrons. The summed E-state index contributed by atoms with van der Waals surface area (Å²) in [7, 11) is 0. The lowest BCUT2D eigenvalue weighted by Crippen LogP contribution is -2.08. The van der Waals surface area contributed by atoms with Crippen molar-refractivity contribution in [3.63, 3.8) is 0 Å². The zero-order chi connectivity index (χ0) is 11.7. The highest BCUT2D eigenvalue weighted by atomic mass is 16.5. The smallest absolute Gasteiger partial charge is 0.231 e. The molecule has 0 unspecified atom stereocenters. The van der Waals surface area contributed by atoms with E-state index in [2.05, 4.69) is 28.4 Å². The van der Waals surface area contributed by atoms with Crippen molar-refractivity contribution in [1.29, 1.82) is 0 Å². The average Bonchev–Trinajstić information content (AvgIpc) is 3.00. The van der Waals surface area contributed by atoms with Crippen LogP contribution in [0.5, 0.6) is 0 Å². The lowest BCUT2D eigenvalue weighted by atomic mass is 10.1. The molecule has 0 amide bonds. The van der Waals surface area contributed by atoms with Gasteiger partial charge in [0.2, 0.25) is 11.7 Å². The molecule has 3 rings (SSSR count). The van der Waals surface area contributed by atoms with Crippen LogP contribution in [0.1, 0.15) is 23.8 Å². The summed E-state index contributed by atoms with van der Waals surface area (Å²) >= 11 is 0. The van der Waals surface area contributed by atoms with Crippen molar-refractivity contribution >= 4 is 0 Å². The molecule has 1 aromatic heterocycles. The molecule has 0 radical (unpaired) electrons. The molecule has 1 aliphatic heterocycles. The van der Waals surface area contributed by atoms with Crippen molar-refractivity contribution in [3.8, 4) is 11.4 Å². The lowest BCUT2D eigenvalue weighted by molar-refractivity contribution is 0.359. The fourth-order valence-corrected chi connectivity index (χ4v) is 2.20. The second-order valence-corrected chi connectivity index (χ2v) is 4.46. The van der Waals surface area contributed by atoms with Crippen LogP contribution in [0.3, 0.4) is 0 Å². The van der Waals surface area contributed by atoms with Crippen LogP contribution in [0, 0.1) is 6.92 Å². The van der Waals surface area contributed by atoms with Gasteiger partial charge in [0.1, 0.15) is 0 Å². The minimum atomic E-state index is 0.375. The Morgan fingerprint density at radius 3 is 3.00 bits per heavy atom. The van der Waals surface area contributed by atoms with Crippen molar-refractivity contribution in [2.45, 2.75) is 19.3 Å². The molecule has 0 saturated carbocycles. The maximum Gasteiger partial charge on any atom is 0.231 e. The quantitative estimate of drug-likeness (QED) is 0.857. The molecular formula is C13H15N3O. The molecule has 1 fully saturated rings. The zero-order valence-corrected chi connectivity index (χ0v) is 9.81. The van der Waals surface area contributed by atoms with Gasteiger partial charge >= 0.3 is 0 Å². The third-order valence-electron chi connectivity index (χ3n) is 3.24. The van der Waals surface area contributed by atoms with Crippen molar-refractivity contribution < 1.29 is 4.52 Å². The van der Waals surface area contributed by atoms with E-state index in [0.717, 1.165) is 31.0 Å². The highest BCUT2D eigenvalue weighted by Crippen LogP contribution is 2.25. The van der Waals surface area contributed by atoms with Crippen molar-refractivity contribution in [1.82, 2.24) is 15.5 Å². The van der Waals surface area contributed by atoms with E-state index in [0.29, 0.717) is 11.7 Å². The first kappa shape index (κ1) is 10.5. The summed E-state index contributed by atoms with van der Waals surface area (Å²) in [5, 5.41) is 7.38. The molecule has 4 nitrogen and oxygen atoms in total. The third-order valence-corrected chi connectivity index (χ3v) is 3.24. The maximum absolute atomic E-state index is 5.36. The summed E-state index contributed by atoms with van der Waals surface area (Å²) in [6.07, 6.45) is 1.08. The van der Waals surface area contributed by atoms with Crippen molar-refractivity contribution in [2.24, 2.45) is 0 Å². The first-order chi connectivity index (χ1) is 8.34. The minimum Gasteiger partial charge on any atom is -0.339 e. The highest BCUT2D eigenvalue weighted by molar-refractivity contribution is 5.58. The van der Waals surface area contributed by atoms with Gasteiger partial charge in [-0.25, -0.2) is 0 Å². The largest absolute Gasteiger partial charge is 0.339 e. The third kappa shape index (κ3) is 1.96. The van der Waals surface area contributed by atoms with Gasteiger partial charge in [0, 0.05) is 12.1 Å². The van der Waals surface area contributed by atoms with Gasteiger partial charge in [-0.05, 0) is 25.5 Å². The van der Waals surface area contributed by atoms with Gasteiger partial charge in [0.15, 0.2) is 0 Å². The van der Waals surface area contributed by atoms with Gasteiger partial charge < -0.3 is 9.84 Å². The number of nitrogens with one attached hydrogen (secondary N) is 1. The van der Waals surface area contributed by atoms with Crippen LogP contribution in [0.2, 0.25) is 0 Å². The Morgan fingerprint density at radius 1 is 1.35 bits per heavy atom. The first-order valence-corrected chi connectivity index (χ1v) is 5.95. The Morgan fingerprint density at radius 2 is 2.24 bits per heavy atom. The normalized spacial score (nSPS) is 19.7. The Balaban J connectivity index is 1.92. The SMILES string of the molecule is Cc1ccccc1-c1noc([C@@H]2CCNC2)n1. The predicted octanol–water partition coefficient (Wildman–Crippen LogP) is 2.12. The summed E-state index contributed by atoms with van der Waals surface area (Å²) in [6, 6.07) is 8.09. The van der Waals surface area contributed by atoms with Gasteiger partial charge in [-0.15, -0.1) is 0 Å². The molecule has 1 aromatic carbocycles. The molecule has 1 saturated heterocycles. The molecule has 0 aliphatic carbocycles. The molecule has 1 aliphatic rings. The number of aromatic nitrogens is 2. The van der Waals surface area contributed by atoms with Crippen LogP contribution < -0.4 is 5.32 Å². The molecular weight excluding hydrogens is 214 g/mol. The molecule has 17 heavy (non-hydrogen) atoms. The van der Waals surface area contributed by atoms with Crippen LogP contribution in [0.15, 0.2) is 28.8 Å². The highest BCUT2D eigenvalue weighted by Gasteiger charge is 2.23. The molecule has 0 bridgehead atoms. The van der Waals surface area contributed by atoms with Gasteiger partial charge in [0.25, 0.3) is 0 Å². The van der Waals surface area contributed by atoms with Crippen molar-refractivity contribution in [2.75, 3.05) is 13.1 Å². The van der Waals surface area contributed by atoms with Crippen LogP contribution in [-0.2, 0) is 0 Å². The summed E-state index contributed by atoms with van der Waals surface area (Å²) in [4.78, 5) is 4.51. The summed E-state index contributed by atoms with van der Waals surface area (Å²) in [5.74, 6) is 1.83. The van der Waals surface area contributed by atoms with Crippen molar-refractivity contribution in [3.05, 3.63) is 35.7 Å². The monoisotopic (exact) mass is 229 g/mol. The van der Waals surface area contributed by atoms with E-state index < -0.39 is 0 Å². The number of hydrogen-bond acceptors (Lipinski definition) is 4. The number of benzene rings is 1. The first-order valence-electron chi connectivity index (χ1n) is 5.95. The standard InChI is InChI=1S/C13H15N3O/c1-9-4-2-3-5-11(9)12-15-13(17-16-12)10-6-7-14-8-10/h2-5,10,14H,6-8H2,1H3/t10-/m1/s1. The average molecular weight is 229 g/mol. The topological polar surface area (TPSA) is 51.0 Å². The van der Waals surface area contributed by atoms with Gasteiger partial charge in [-0.1, -0.05) is 29.4 Å². The minimum absolute atomic E-state index is 0.375. The Bertz CT molecular complexity index is 515. The summed E-state index contributed by atoms with van der Waals surface area (Å²) in [5.41, 5.74) is 2.22. The Labute approximate surface area is 100 Å². The Kier molecular flexibility index (Phi) is 2.65. The second-order valence-electron chi connectivity index (χ2n) is 4.46. The second kappa shape index (κ2) is 4.30. The molecule has 2 aromatic rings. The molecule has 4 heteroatoms. The fourth-order valence-electron chi connectivity index (χ4n) is 2.20. The number of nitrogens with zero attached hydrogens (tertiary/aromatic N) is 2. The van der Waals surface area contributed by atoms with E-state index >= 15 is 0 Å². The molecule has 1 N–H and O–H groups in total. The van der Waals surface area contributed by atoms with E-state index in [-0.39, 0.29) is 0 Å².